The molecule has 1 aromatic heterocycles. The third-order valence-electron chi connectivity index (χ3n) is 3.85. The van der Waals surface area contributed by atoms with Gasteiger partial charge in [0.05, 0.1) is 6.20 Å². The molecule has 1 amide bonds. The predicted octanol–water partition coefficient (Wildman–Crippen LogP) is 2.60. The first-order valence-corrected chi connectivity index (χ1v) is 7.83. The minimum absolute atomic E-state index is 0.00998. The number of rotatable bonds is 7. The summed E-state index contributed by atoms with van der Waals surface area (Å²) in [4.78, 5) is 25.9. The number of carbonyl (C=O) groups excluding carboxylic acids is 2. The van der Waals surface area contributed by atoms with Crippen LogP contribution in [0.2, 0.25) is 0 Å². The quantitative estimate of drug-likeness (QED) is 0.738. The van der Waals surface area contributed by atoms with Crippen molar-refractivity contribution in [2.24, 2.45) is 7.05 Å². The Labute approximate surface area is 136 Å². The van der Waals surface area contributed by atoms with Crippen LogP contribution in [0.5, 0.6) is 0 Å². The second kappa shape index (κ2) is 7.72. The normalized spacial score (nSPS) is 10.6. The number of hydrogen-bond acceptors (Lipinski definition) is 3. The standard InChI is InChI=1S/C18H23N3O2/c1-4-14-5-7-16(8-6-14)17(22)9-10-18(23)20(2)12-15-11-19-21(3)13-15/h5-8,11,13H,4,9-10,12H2,1-3H3. The van der Waals surface area contributed by atoms with Crippen molar-refractivity contribution < 1.29 is 9.59 Å². The number of benzene rings is 1. The van der Waals surface area contributed by atoms with Crippen molar-refractivity contribution in [2.45, 2.75) is 32.7 Å². The molecule has 5 nitrogen and oxygen atoms in total. The summed E-state index contributed by atoms with van der Waals surface area (Å²) in [6, 6.07) is 7.60. The largest absolute Gasteiger partial charge is 0.341 e. The lowest BCUT2D eigenvalue weighted by molar-refractivity contribution is -0.130. The predicted molar refractivity (Wildman–Crippen MR) is 89.1 cm³/mol. The van der Waals surface area contributed by atoms with Gasteiger partial charge in [-0.2, -0.15) is 5.10 Å². The van der Waals surface area contributed by atoms with Crippen LogP contribution in [0.3, 0.4) is 0 Å². The van der Waals surface area contributed by atoms with Gasteiger partial charge in [0.15, 0.2) is 5.78 Å². The SMILES string of the molecule is CCc1ccc(C(=O)CCC(=O)N(C)Cc2cnn(C)c2)cc1. The highest BCUT2D eigenvalue weighted by atomic mass is 16.2. The second-order valence-corrected chi connectivity index (χ2v) is 5.75. The average Bonchev–Trinajstić information content (AvgIpc) is 2.97. The van der Waals surface area contributed by atoms with E-state index in [4.69, 9.17) is 0 Å². The van der Waals surface area contributed by atoms with E-state index in [1.165, 1.54) is 5.56 Å². The summed E-state index contributed by atoms with van der Waals surface area (Å²) < 4.78 is 1.71. The zero-order valence-electron chi connectivity index (χ0n) is 14.0. The fourth-order valence-electron chi connectivity index (χ4n) is 2.40. The highest BCUT2D eigenvalue weighted by Crippen LogP contribution is 2.10. The smallest absolute Gasteiger partial charge is 0.223 e. The van der Waals surface area contributed by atoms with Crippen molar-refractivity contribution in [1.82, 2.24) is 14.7 Å². The summed E-state index contributed by atoms with van der Waals surface area (Å²) in [7, 11) is 3.59. The fourth-order valence-corrected chi connectivity index (χ4v) is 2.40. The Morgan fingerprint density at radius 1 is 1.13 bits per heavy atom. The Morgan fingerprint density at radius 2 is 1.83 bits per heavy atom. The van der Waals surface area contributed by atoms with Crippen LogP contribution in [0.4, 0.5) is 0 Å². The summed E-state index contributed by atoms with van der Waals surface area (Å²) in [5.41, 5.74) is 2.85. The minimum atomic E-state index is -0.0348. The van der Waals surface area contributed by atoms with Crippen molar-refractivity contribution in [1.29, 1.82) is 0 Å². The van der Waals surface area contributed by atoms with Gasteiger partial charge in [0, 0.05) is 50.8 Å². The zero-order valence-corrected chi connectivity index (χ0v) is 14.0. The molecule has 0 saturated heterocycles. The van der Waals surface area contributed by atoms with Crippen LogP contribution in [-0.4, -0.2) is 33.4 Å². The molecule has 0 radical (unpaired) electrons. The van der Waals surface area contributed by atoms with Gasteiger partial charge >= 0.3 is 0 Å². The van der Waals surface area contributed by atoms with E-state index in [0.29, 0.717) is 12.1 Å². The Morgan fingerprint density at radius 3 is 2.39 bits per heavy atom. The van der Waals surface area contributed by atoms with E-state index in [1.807, 2.05) is 37.5 Å². The monoisotopic (exact) mass is 313 g/mol. The van der Waals surface area contributed by atoms with Gasteiger partial charge in [0.2, 0.25) is 5.91 Å². The molecule has 2 aromatic rings. The molecule has 1 aromatic carbocycles. The number of carbonyl (C=O) groups is 2. The van der Waals surface area contributed by atoms with Crippen LogP contribution in [0.1, 0.15) is 41.3 Å². The first-order valence-electron chi connectivity index (χ1n) is 7.83. The molecule has 0 atom stereocenters. The maximum atomic E-state index is 12.1. The number of hydrogen-bond donors (Lipinski definition) is 0. The average molecular weight is 313 g/mol. The summed E-state index contributed by atoms with van der Waals surface area (Å²) in [6.07, 6.45) is 5.04. The lowest BCUT2D eigenvalue weighted by Crippen LogP contribution is -2.26. The van der Waals surface area contributed by atoms with Crippen LogP contribution in [0.15, 0.2) is 36.7 Å². The summed E-state index contributed by atoms with van der Waals surface area (Å²) in [5.74, 6) is -0.0248. The first kappa shape index (κ1) is 16.9. The summed E-state index contributed by atoms with van der Waals surface area (Å²) in [5, 5.41) is 4.08. The van der Waals surface area contributed by atoms with Crippen LogP contribution in [0.25, 0.3) is 0 Å². The molecule has 0 bridgehead atoms. The maximum absolute atomic E-state index is 12.1. The van der Waals surface area contributed by atoms with Crippen molar-refractivity contribution in [3.05, 3.63) is 53.3 Å². The van der Waals surface area contributed by atoms with E-state index in [9.17, 15) is 9.59 Å². The van der Waals surface area contributed by atoms with Gasteiger partial charge in [-0.15, -0.1) is 0 Å². The van der Waals surface area contributed by atoms with Crippen LogP contribution in [0, 0.1) is 0 Å². The molecule has 0 saturated carbocycles. The van der Waals surface area contributed by atoms with Gasteiger partial charge in [-0.25, -0.2) is 0 Å². The Kier molecular flexibility index (Phi) is 5.68. The van der Waals surface area contributed by atoms with Crippen LogP contribution >= 0.6 is 0 Å². The summed E-state index contributed by atoms with van der Waals surface area (Å²) >= 11 is 0. The Balaban J connectivity index is 1.83. The van der Waals surface area contributed by atoms with E-state index in [2.05, 4.69) is 12.0 Å². The molecule has 2 rings (SSSR count). The van der Waals surface area contributed by atoms with Gasteiger partial charge < -0.3 is 4.90 Å². The number of amides is 1. The molecule has 0 aliphatic heterocycles. The van der Waals surface area contributed by atoms with Crippen LogP contribution in [-0.2, 0) is 24.8 Å². The zero-order chi connectivity index (χ0) is 16.8. The number of nitrogens with zero attached hydrogens (tertiary/aromatic N) is 3. The van der Waals surface area contributed by atoms with Gasteiger partial charge in [-0.3, -0.25) is 14.3 Å². The van der Waals surface area contributed by atoms with E-state index in [0.717, 1.165) is 12.0 Å². The molecule has 0 fully saturated rings. The Hall–Kier alpha value is -2.43. The lowest BCUT2D eigenvalue weighted by Gasteiger charge is -2.15. The number of ketones is 1. The maximum Gasteiger partial charge on any atom is 0.223 e. The number of aromatic nitrogens is 2. The molecule has 0 unspecified atom stereocenters. The fraction of sp³-hybridized carbons (Fsp3) is 0.389. The van der Waals surface area contributed by atoms with Gasteiger partial charge in [-0.05, 0) is 12.0 Å². The highest BCUT2D eigenvalue weighted by molar-refractivity contribution is 5.97. The highest BCUT2D eigenvalue weighted by Gasteiger charge is 2.13. The third kappa shape index (κ3) is 4.77. The molecule has 0 spiro atoms. The number of Topliss-reactive ketones (excluding diaryl/α,β-unsaturated/α-hetero) is 1. The van der Waals surface area contributed by atoms with E-state index in [-0.39, 0.29) is 24.5 Å². The first-order chi connectivity index (χ1) is 11.0. The molecule has 0 aliphatic rings. The molecule has 23 heavy (non-hydrogen) atoms. The van der Waals surface area contributed by atoms with Gasteiger partial charge in [0.25, 0.3) is 0 Å². The molecular formula is C18H23N3O2. The van der Waals surface area contributed by atoms with Gasteiger partial charge in [0.1, 0.15) is 0 Å². The third-order valence-corrected chi connectivity index (χ3v) is 3.85. The van der Waals surface area contributed by atoms with Crippen LogP contribution < -0.4 is 0 Å². The van der Waals surface area contributed by atoms with Crippen molar-refractivity contribution in [3.8, 4) is 0 Å². The van der Waals surface area contributed by atoms with E-state index >= 15 is 0 Å². The summed E-state index contributed by atoms with van der Waals surface area (Å²) in [6.45, 7) is 2.58. The molecular weight excluding hydrogens is 290 g/mol. The van der Waals surface area contributed by atoms with E-state index < -0.39 is 0 Å². The lowest BCUT2D eigenvalue weighted by atomic mass is 10.0. The van der Waals surface area contributed by atoms with Crippen molar-refractivity contribution in [3.63, 3.8) is 0 Å². The molecule has 5 heteroatoms. The van der Waals surface area contributed by atoms with Crippen molar-refractivity contribution in [2.75, 3.05) is 7.05 Å². The van der Waals surface area contributed by atoms with Crippen molar-refractivity contribution >= 4 is 11.7 Å². The van der Waals surface area contributed by atoms with E-state index in [1.54, 1.807) is 22.8 Å². The van der Waals surface area contributed by atoms with Gasteiger partial charge in [-0.1, -0.05) is 31.2 Å². The molecule has 0 aliphatic carbocycles. The second-order valence-electron chi connectivity index (χ2n) is 5.75. The topological polar surface area (TPSA) is 55.2 Å². The molecule has 0 N–H and O–H groups in total. The number of aryl methyl sites for hydroxylation is 2. The minimum Gasteiger partial charge on any atom is -0.341 e. The molecule has 122 valence electrons. The Bertz CT molecular complexity index is 674. The molecule has 1 heterocycles.